The maximum atomic E-state index is 12.1. The third-order valence-electron chi connectivity index (χ3n) is 3.47. The van der Waals surface area contributed by atoms with E-state index < -0.39 is 5.91 Å². The second kappa shape index (κ2) is 5.48. The van der Waals surface area contributed by atoms with Crippen molar-refractivity contribution in [2.24, 2.45) is 5.84 Å². The molecule has 0 bridgehead atoms. The highest BCUT2D eigenvalue weighted by Crippen LogP contribution is 2.09. The third kappa shape index (κ3) is 2.57. The first-order chi connectivity index (χ1) is 10.2. The number of fused-ring (bicyclic) bond motifs is 1. The zero-order valence-electron chi connectivity index (χ0n) is 11.4. The summed E-state index contributed by atoms with van der Waals surface area (Å²) in [4.78, 5) is 23.4. The Kier molecular flexibility index (Phi) is 3.52. The van der Waals surface area contributed by atoms with Gasteiger partial charge in [0.2, 0.25) is 0 Å². The molecule has 0 aliphatic carbocycles. The number of nitrogens with one attached hydrogen (secondary N) is 1. The van der Waals surface area contributed by atoms with Gasteiger partial charge >= 0.3 is 5.69 Å². The van der Waals surface area contributed by atoms with E-state index in [2.05, 4.69) is 15.4 Å². The number of nitrogen functional groups attached to an aromatic ring is 1. The Labute approximate surface area is 119 Å². The third-order valence-corrected chi connectivity index (χ3v) is 3.47. The molecule has 2 aromatic heterocycles. The number of carbonyl (C=O) groups excluding carboxylic acids is 1. The summed E-state index contributed by atoms with van der Waals surface area (Å²) < 4.78 is 4.64. The number of carbonyl (C=O) groups is 1. The minimum atomic E-state index is -0.504. The summed E-state index contributed by atoms with van der Waals surface area (Å²) >= 11 is 0. The van der Waals surface area contributed by atoms with E-state index in [0.717, 1.165) is 31.6 Å². The number of hydrazine groups is 1. The molecule has 112 valence electrons. The van der Waals surface area contributed by atoms with Gasteiger partial charge in [-0.25, -0.2) is 20.0 Å². The number of nitrogens with zero attached hydrogens (tertiary/aromatic N) is 6. The maximum Gasteiger partial charge on any atom is 0.345 e. The summed E-state index contributed by atoms with van der Waals surface area (Å²) in [5.41, 5.74) is 2.03. The lowest BCUT2D eigenvalue weighted by Crippen LogP contribution is -2.30. The van der Waals surface area contributed by atoms with E-state index >= 15 is 0 Å². The number of rotatable bonds is 4. The molecule has 2 aromatic rings. The van der Waals surface area contributed by atoms with Crippen LogP contribution in [0.2, 0.25) is 0 Å². The second-order valence-corrected chi connectivity index (χ2v) is 4.87. The molecule has 0 unspecified atom stereocenters. The van der Waals surface area contributed by atoms with Gasteiger partial charge in [0, 0.05) is 13.0 Å². The standard InChI is InChI=1S/C11H16N8O2/c12-13-10(20)8-7-17(16-14-8)5-6-19-11(21)18-4-2-1-3-9(18)15-19/h7H,1-6,12H2,(H,13,20). The van der Waals surface area contributed by atoms with Crippen molar-refractivity contribution >= 4 is 5.91 Å². The molecule has 3 N–H and O–H groups in total. The number of amides is 1. The molecular weight excluding hydrogens is 276 g/mol. The van der Waals surface area contributed by atoms with Crippen molar-refractivity contribution in [2.45, 2.75) is 38.9 Å². The van der Waals surface area contributed by atoms with Crippen LogP contribution in [0, 0.1) is 0 Å². The first-order valence-electron chi connectivity index (χ1n) is 6.76. The quantitative estimate of drug-likeness (QED) is 0.392. The first kappa shape index (κ1) is 13.5. The van der Waals surface area contributed by atoms with Crippen molar-refractivity contribution in [2.75, 3.05) is 0 Å². The second-order valence-electron chi connectivity index (χ2n) is 4.87. The van der Waals surface area contributed by atoms with Crippen LogP contribution in [0.3, 0.4) is 0 Å². The van der Waals surface area contributed by atoms with Gasteiger partial charge in [-0.2, -0.15) is 5.10 Å². The van der Waals surface area contributed by atoms with Crippen LogP contribution in [-0.4, -0.2) is 35.2 Å². The minimum absolute atomic E-state index is 0.0928. The average molecular weight is 292 g/mol. The summed E-state index contributed by atoms with van der Waals surface area (Å²) in [6.07, 6.45) is 4.39. The number of aryl methyl sites for hydroxylation is 3. The summed E-state index contributed by atoms with van der Waals surface area (Å²) in [5, 5.41) is 11.8. The van der Waals surface area contributed by atoms with E-state index in [0.29, 0.717) is 13.1 Å². The van der Waals surface area contributed by atoms with E-state index in [1.165, 1.54) is 15.6 Å². The molecule has 3 rings (SSSR count). The van der Waals surface area contributed by atoms with Crippen LogP contribution in [0.5, 0.6) is 0 Å². The van der Waals surface area contributed by atoms with Crippen LogP contribution in [0.15, 0.2) is 11.0 Å². The molecule has 0 aromatic carbocycles. The van der Waals surface area contributed by atoms with Crippen molar-refractivity contribution in [1.82, 2.24) is 34.8 Å². The highest BCUT2D eigenvalue weighted by molar-refractivity contribution is 5.91. The molecule has 10 nitrogen and oxygen atoms in total. The molecule has 0 atom stereocenters. The van der Waals surface area contributed by atoms with Gasteiger partial charge in [0.25, 0.3) is 5.91 Å². The Morgan fingerprint density at radius 1 is 1.38 bits per heavy atom. The maximum absolute atomic E-state index is 12.1. The first-order valence-corrected chi connectivity index (χ1v) is 6.76. The molecule has 0 fully saturated rings. The van der Waals surface area contributed by atoms with E-state index in [9.17, 15) is 9.59 Å². The predicted molar refractivity (Wildman–Crippen MR) is 71.1 cm³/mol. The molecular formula is C11H16N8O2. The van der Waals surface area contributed by atoms with E-state index in [1.807, 2.05) is 5.43 Å². The van der Waals surface area contributed by atoms with Crippen LogP contribution in [0.25, 0.3) is 0 Å². The van der Waals surface area contributed by atoms with Gasteiger partial charge in [-0.15, -0.1) is 5.10 Å². The van der Waals surface area contributed by atoms with Crippen molar-refractivity contribution in [3.63, 3.8) is 0 Å². The number of aromatic nitrogens is 6. The van der Waals surface area contributed by atoms with E-state index in [1.54, 1.807) is 4.57 Å². The van der Waals surface area contributed by atoms with Gasteiger partial charge in [0.15, 0.2) is 5.69 Å². The topological polar surface area (TPSA) is 126 Å². The monoisotopic (exact) mass is 292 g/mol. The Bertz CT molecular complexity index is 712. The molecule has 1 amide bonds. The van der Waals surface area contributed by atoms with Gasteiger partial charge in [-0.3, -0.25) is 14.8 Å². The van der Waals surface area contributed by atoms with Gasteiger partial charge in [0.05, 0.1) is 19.3 Å². The largest absolute Gasteiger partial charge is 0.345 e. The summed E-state index contributed by atoms with van der Waals surface area (Å²) in [6, 6.07) is 0. The van der Waals surface area contributed by atoms with Gasteiger partial charge in [0.1, 0.15) is 5.82 Å². The van der Waals surface area contributed by atoms with Gasteiger partial charge in [-0.05, 0) is 12.8 Å². The molecule has 21 heavy (non-hydrogen) atoms. The van der Waals surface area contributed by atoms with Crippen LogP contribution < -0.4 is 17.0 Å². The SMILES string of the molecule is NNC(=O)c1cn(CCn2nc3n(c2=O)CCCC3)nn1. The molecule has 0 radical (unpaired) electrons. The lowest BCUT2D eigenvalue weighted by Gasteiger charge is -2.09. The normalized spacial score (nSPS) is 14.0. The molecule has 0 spiro atoms. The summed E-state index contributed by atoms with van der Waals surface area (Å²) in [6.45, 7) is 1.52. The number of hydrogen-bond acceptors (Lipinski definition) is 6. The molecule has 10 heteroatoms. The molecule has 3 heterocycles. The highest BCUT2D eigenvalue weighted by Gasteiger charge is 2.16. The summed E-state index contributed by atoms with van der Waals surface area (Å²) in [5.74, 6) is 5.36. The predicted octanol–water partition coefficient (Wildman–Crippen LogP) is -1.72. The van der Waals surface area contributed by atoms with Crippen LogP contribution >= 0.6 is 0 Å². The van der Waals surface area contributed by atoms with E-state index in [-0.39, 0.29) is 11.4 Å². The van der Waals surface area contributed by atoms with Gasteiger partial charge < -0.3 is 0 Å². The van der Waals surface area contributed by atoms with Crippen molar-refractivity contribution in [3.05, 3.63) is 28.2 Å². The van der Waals surface area contributed by atoms with Crippen LogP contribution in [-0.2, 0) is 26.1 Å². The fourth-order valence-electron chi connectivity index (χ4n) is 2.38. The number of hydrogen-bond donors (Lipinski definition) is 2. The lowest BCUT2D eigenvalue weighted by atomic mass is 10.2. The van der Waals surface area contributed by atoms with Crippen LogP contribution in [0.1, 0.15) is 29.2 Å². The van der Waals surface area contributed by atoms with Crippen molar-refractivity contribution in [1.29, 1.82) is 0 Å². The van der Waals surface area contributed by atoms with Crippen molar-refractivity contribution < 1.29 is 4.79 Å². The van der Waals surface area contributed by atoms with Gasteiger partial charge in [-0.1, -0.05) is 5.21 Å². The zero-order chi connectivity index (χ0) is 14.8. The van der Waals surface area contributed by atoms with Crippen LogP contribution in [0.4, 0.5) is 0 Å². The fraction of sp³-hybridized carbons (Fsp3) is 0.545. The number of nitrogens with two attached hydrogens (primary N) is 1. The molecule has 0 saturated carbocycles. The van der Waals surface area contributed by atoms with E-state index in [4.69, 9.17) is 5.84 Å². The zero-order valence-corrected chi connectivity index (χ0v) is 11.4. The van der Waals surface area contributed by atoms with Crippen molar-refractivity contribution in [3.8, 4) is 0 Å². The highest BCUT2D eigenvalue weighted by atomic mass is 16.2. The smallest absolute Gasteiger partial charge is 0.289 e. The lowest BCUT2D eigenvalue weighted by molar-refractivity contribution is 0.0948. The minimum Gasteiger partial charge on any atom is -0.289 e. The average Bonchev–Trinajstić information content (AvgIpc) is 3.10. The Morgan fingerprint density at radius 3 is 3.00 bits per heavy atom. The fourth-order valence-corrected chi connectivity index (χ4v) is 2.38. The Morgan fingerprint density at radius 2 is 2.24 bits per heavy atom. The molecule has 1 aliphatic rings. The molecule has 0 saturated heterocycles. The summed E-state index contributed by atoms with van der Waals surface area (Å²) in [7, 11) is 0. The molecule has 1 aliphatic heterocycles. The Balaban J connectivity index is 1.70. The Hall–Kier alpha value is -2.49.